The van der Waals surface area contributed by atoms with Crippen LogP contribution in [0.4, 0.5) is 4.39 Å². The molecule has 1 aromatic heterocycles. The number of alkyl halides is 1. The summed E-state index contributed by atoms with van der Waals surface area (Å²) < 4.78 is 15.6. The SMILES string of the molecule is C#CC(=O)c1cc2n(n1)[C@H](c1ccccc1)C[C@@H]2F. The molecule has 1 aliphatic rings. The average molecular weight is 254 g/mol. The lowest BCUT2D eigenvalue weighted by Crippen LogP contribution is -2.08. The molecule has 19 heavy (non-hydrogen) atoms. The van der Waals surface area contributed by atoms with Crippen molar-refractivity contribution >= 4 is 5.78 Å². The number of hydrogen-bond donors (Lipinski definition) is 0. The molecule has 0 spiro atoms. The van der Waals surface area contributed by atoms with Gasteiger partial charge in [-0.25, -0.2) is 4.39 Å². The van der Waals surface area contributed by atoms with Crippen LogP contribution in [0.25, 0.3) is 0 Å². The van der Waals surface area contributed by atoms with E-state index in [1.54, 1.807) is 4.68 Å². The van der Waals surface area contributed by atoms with Crippen molar-refractivity contribution < 1.29 is 9.18 Å². The molecule has 3 rings (SSSR count). The molecule has 1 aromatic carbocycles. The Bertz CT molecular complexity index is 669. The van der Waals surface area contributed by atoms with E-state index in [1.165, 1.54) is 6.07 Å². The largest absolute Gasteiger partial charge is 0.277 e. The van der Waals surface area contributed by atoms with Crippen LogP contribution in [0.2, 0.25) is 0 Å². The van der Waals surface area contributed by atoms with E-state index in [9.17, 15) is 9.18 Å². The molecule has 0 bridgehead atoms. The number of nitrogens with zero attached hydrogens (tertiary/aromatic N) is 2. The first kappa shape index (κ1) is 11.7. The molecule has 4 heteroatoms. The minimum atomic E-state index is -1.11. The first-order chi connectivity index (χ1) is 9.20. The topological polar surface area (TPSA) is 34.9 Å². The molecular formula is C15H11FN2O. The van der Waals surface area contributed by atoms with E-state index in [0.717, 1.165) is 5.56 Å². The summed E-state index contributed by atoms with van der Waals surface area (Å²) in [6, 6.07) is 10.8. The summed E-state index contributed by atoms with van der Waals surface area (Å²) in [5.41, 5.74) is 1.54. The molecule has 0 fully saturated rings. The van der Waals surface area contributed by atoms with Gasteiger partial charge in [0, 0.05) is 6.42 Å². The fourth-order valence-electron chi connectivity index (χ4n) is 2.45. The molecule has 0 amide bonds. The fraction of sp³-hybridized carbons (Fsp3) is 0.200. The van der Waals surface area contributed by atoms with Crippen molar-refractivity contribution in [3.8, 4) is 12.3 Å². The first-order valence-electron chi connectivity index (χ1n) is 6.00. The van der Waals surface area contributed by atoms with Gasteiger partial charge in [0.05, 0.1) is 11.7 Å². The molecule has 0 radical (unpaired) electrons. The summed E-state index contributed by atoms with van der Waals surface area (Å²) in [6.45, 7) is 0. The van der Waals surface area contributed by atoms with Crippen LogP contribution >= 0.6 is 0 Å². The number of Topliss-reactive ketones (excluding diaryl/α,β-unsaturated/α-hetero) is 1. The van der Waals surface area contributed by atoms with Gasteiger partial charge in [0.15, 0.2) is 0 Å². The van der Waals surface area contributed by atoms with Gasteiger partial charge in [-0.15, -0.1) is 6.42 Å². The molecule has 0 saturated carbocycles. The fourth-order valence-corrected chi connectivity index (χ4v) is 2.45. The van der Waals surface area contributed by atoms with Gasteiger partial charge in [-0.3, -0.25) is 9.48 Å². The lowest BCUT2D eigenvalue weighted by molar-refractivity contribution is 0.105. The van der Waals surface area contributed by atoms with Gasteiger partial charge in [0.1, 0.15) is 11.9 Å². The number of halogens is 1. The number of rotatable bonds is 2. The third-order valence-corrected chi connectivity index (χ3v) is 3.36. The summed E-state index contributed by atoms with van der Waals surface area (Å²) >= 11 is 0. The van der Waals surface area contributed by atoms with E-state index in [-0.39, 0.29) is 11.7 Å². The zero-order valence-corrected chi connectivity index (χ0v) is 10.1. The van der Waals surface area contributed by atoms with Crippen molar-refractivity contribution in [2.45, 2.75) is 18.6 Å². The van der Waals surface area contributed by atoms with Crippen molar-refractivity contribution in [3.05, 3.63) is 53.3 Å². The van der Waals surface area contributed by atoms with Crippen LogP contribution in [-0.2, 0) is 0 Å². The molecule has 2 aromatic rings. The van der Waals surface area contributed by atoms with Crippen molar-refractivity contribution in [2.24, 2.45) is 0 Å². The van der Waals surface area contributed by atoms with Crippen molar-refractivity contribution in [3.63, 3.8) is 0 Å². The second-order valence-corrected chi connectivity index (χ2v) is 4.50. The first-order valence-corrected chi connectivity index (χ1v) is 6.00. The predicted octanol–water partition coefficient (Wildman–Crippen LogP) is 2.70. The minimum absolute atomic E-state index is 0.140. The molecule has 2 atom stereocenters. The molecule has 0 N–H and O–H groups in total. The molecule has 3 nitrogen and oxygen atoms in total. The molecule has 0 saturated heterocycles. The van der Waals surface area contributed by atoms with Crippen LogP contribution in [0.5, 0.6) is 0 Å². The summed E-state index contributed by atoms with van der Waals surface area (Å²) in [6.07, 6.45) is 4.29. The highest BCUT2D eigenvalue weighted by molar-refractivity contribution is 6.07. The number of ketones is 1. The highest BCUT2D eigenvalue weighted by Crippen LogP contribution is 2.40. The van der Waals surface area contributed by atoms with Crippen LogP contribution in [0.3, 0.4) is 0 Å². The second-order valence-electron chi connectivity index (χ2n) is 4.50. The van der Waals surface area contributed by atoms with Crippen LogP contribution in [0, 0.1) is 12.3 Å². The number of carbonyl (C=O) groups is 1. The van der Waals surface area contributed by atoms with Crippen LogP contribution in [0.1, 0.15) is 40.4 Å². The van der Waals surface area contributed by atoms with Gasteiger partial charge >= 0.3 is 0 Å². The average Bonchev–Trinajstić information content (AvgIpc) is 3.00. The van der Waals surface area contributed by atoms with E-state index >= 15 is 0 Å². The minimum Gasteiger partial charge on any atom is -0.277 e. The Balaban J connectivity index is 2.05. The number of fused-ring (bicyclic) bond motifs is 1. The Kier molecular flexibility index (Phi) is 2.68. The van der Waals surface area contributed by atoms with E-state index in [4.69, 9.17) is 6.42 Å². The summed E-state index contributed by atoms with van der Waals surface area (Å²) in [5.74, 6) is 1.49. The third-order valence-electron chi connectivity index (χ3n) is 3.36. The maximum absolute atomic E-state index is 14.0. The normalized spacial score (nSPS) is 20.8. The Morgan fingerprint density at radius 3 is 2.84 bits per heavy atom. The Hall–Kier alpha value is -2.41. The molecule has 1 aliphatic heterocycles. The zero-order chi connectivity index (χ0) is 13.4. The van der Waals surface area contributed by atoms with Crippen LogP contribution in [0.15, 0.2) is 36.4 Å². The molecule has 0 aliphatic carbocycles. The third kappa shape index (κ3) is 1.84. The number of benzene rings is 1. The summed E-state index contributed by atoms with van der Waals surface area (Å²) in [7, 11) is 0. The van der Waals surface area contributed by atoms with E-state index in [2.05, 4.69) is 5.10 Å². The Morgan fingerprint density at radius 1 is 1.42 bits per heavy atom. The van der Waals surface area contributed by atoms with Gasteiger partial charge in [-0.05, 0) is 17.6 Å². The predicted molar refractivity (Wildman–Crippen MR) is 68.4 cm³/mol. The van der Waals surface area contributed by atoms with Crippen molar-refractivity contribution in [1.29, 1.82) is 0 Å². The van der Waals surface area contributed by atoms with Crippen molar-refractivity contribution in [2.75, 3.05) is 0 Å². The molecular weight excluding hydrogens is 243 g/mol. The van der Waals surface area contributed by atoms with Gasteiger partial charge < -0.3 is 0 Å². The number of hydrogen-bond acceptors (Lipinski definition) is 2. The Labute approximate surface area is 110 Å². The zero-order valence-electron chi connectivity index (χ0n) is 10.1. The second kappa shape index (κ2) is 4.36. The summed E-state index contributed by atoms with van der Waals surface area (Å²) in [5, 5.41) is 4.15. The van der Waals surface area contributed by atoms with E-state index in [1.807, 2.05) is 36.3 Å². The maximum Gasteiger partial charge on any atom is 0.255 e. The molecule has 94 valence electrons. The van der Waals surface area contributed by atoms with Crippen LogP contribution < -0.4 is 0 Å². The van der Waals surface area contributed by atoms with E-state index in [0.29, 0.717) is 12.1 Å². The maximum atomic E-state index is 14.0. The monoisotopic (exact) mass is 254 g/mol. The quantitative estimate of drug-likeness (QED) is 0.469. The molecule has 2 heterocycles. The van der Waals surface area contributed by atoms with Gasteiger partial charge in [-0.1, -0.05) is 30.3 Å². The lowest BCUT2D eigenvalue weighted by atomic mass is 10.0. The standard InChI is InChI=1S/C15H11FN2O/c1-2-15(19)12-9-14-11(16)8-13(18(14)17-12)10-6-4-3-5-7-10/h1,3-7,9,11,13H,8H2/t11-,13-/m0/s1. The molecule has 0 unspecified atom stereocenters. The number of carbonyl (C=O) groups excluding carboxylic acids is 1. The van der Waals surface area contributed by atoms with Crippen molar-refractivity contribution in [1.82, 2.24) is 9.78 Å². The smallest absolute Gasteiger partial charge is 0.255 e. The lowest BCUT2D eigenvalue weighted by Gasteiger charge is -2.11. The van der Waals surface area contributed by atoms with Gasteiger partial charge in [0.25, 0.3) is 5.78 Å². The number of terminal acetylenes is 1. The highest BCUT2D eigenvalue weighted by Gasteiger charge is 2.34. The van der Waals surface area contributed by atoms with Crippen LogP contribution in [-0.4, -0.2) is 15.6 Å². The number of aromatic nitrogens is 2. The van der Waals surface area contributed by atoms with Gasteiger partial charge in [-0.2, -0.15) is 5.10 Å². The summed E-state index contributed by atoms with van der Waals surface area (Å²) in [4.78, 5) is 11.4. The van der Waals surface area contributed by atoms with Gasteiger partial charge in [0.2, 0.25) is 0 Å². The highest BCUT2D eigenvalue weighted by atomic mass is 19.1. The Morgan fingerprint density at radius 2 is 2.16 bits per heavy atom. The van der Waals surface area contributed by atoms with E-state index < -0.39 is 12.0 Å².